The number of hydrogen-bond donors (Lipinski definition) is 2. The Kier molecular flexibility index (Phi) is 7.05. The van der Waals surface area contributed by atoms with E-state index < -0.39 is 6.10 Å². The average molecular weight is 434 g/mol. The van der Waals surface area contributed by atoms with Crippen molar-refractivity contribution < 1.29 is 14.6 Å². The van der Waals surface area contributed by atoms with Crippen LogP contribution in [0, 0.1) is 0 Å². The van der Waals surface area contributed by atoms with Crippen LogP contribution in [0.5, 0.6) is 5.75 Å². The number of nitrogens with one attached hydrogen (secondary N) is 1. The lowest BCUT2D eigenvalue weighted by Crippen LogP contribution is -2.47. The van der Waals surface area contributed by atoms with E-state index in [0.717, 1.165) is 59.5 Å². The third-order valence-electron chi connectivity index (χ3n) is 5.86. The normalized spacial score (nSPS) is 16.1. The van der Waals surface area contributed by atoms with Crippen molar-refractivity contribution in [2.45, 2.75) is 13.0 Å². The monoisotopic (exact) mass is 433 g/mol. The van der Waals surface area contributed by atoms with Gasteiger partial charge in [-0.3, -0.25) is 9.69 Å². The number of carbonyl (C=O) groups is 1. The van der Waals surface area contributed by atoms with Crippen LogP contribution >= 0.6 is 0 Å². The SMILES string of the molecule is CC(=O)Nc1cccc(-c2c(OCC(O)CN3CCN(C)CC3)ccc3ccccc23)c1. The van der Waals surface area contributed by atoms with Crippen molar-refractivity contribution in [3.8, 4) is 16.9 Å². The summed E-state index contributed by atoms with van der Waals surface area (Å²) >= 11 is 0. The lowest BCUT2D eigenvalue weighted by Gasteiger charge is -2.33. The van der Waals surface area contributed by atoms with Crippen LogP contribution in [0.15, 0.2) is 60.7 Å². The molecule has 32 heavy (non-hydrogen) atoms. The Morgan fingerprint density at radius 2 is 1.84 bits per heavy atom. The number of aliphatic hydroxyl groups excluding tert-OH is 1. The number of hydrogen-bond acceptors (Lipinski definition) is 5. The Balaban J connectivity index is 1.57. The van der Waals surface area contributed by atoms with Gasteiger partial charge in [0, 0.05) is 50.9 Å². The lowest BCUT2D eigenvalue weighted by atomic mass is 9.96. The molecular formula is C26H31N3O3. The number of carbonyl (C=O) groups excluding carboxylic acids is 1. The molecule has 6 heteroatoms. The zero-order chi connectivity index (χ0) is 22.5. The largest absolute Gasteiger partial charge is 0.490 e. The number of nitrogens with zero attached hydrogens (tertiary/aromatic N) is 2. The summed E-state index contributed by atoms with van der Waals surface area (Å²) in [4.78, 5) is 16.1. The molecule has 6 nitrogen and oxygen atoms in total. The number of aliphatic hydroxyl groups is 1. The van der Waals surface area contributed by atoms with E-state index in [0.29, 0.717) is 6.54 Å². The molecule has 2 N–H and O–H groups in total. The predicted octanol–water partition coefficient (Wildman–Crippen LogP) is 3.45. The summed E-state index contributed by atoms with van der Waals surface area (Å²) in [7, 11) is 2.12. The maximum atomic E-state index is 11.5. The van der Waals surface area contributed by atoms with E-state index in [9.17, 15) is 9.90 Å². The van der Waals surface area contributed by atoms with E-state index in [2.05, 4.69) is 34.3 Å². The highest BCUT2D eigenvalue weighted by Crippen LogP contribution is 2.38. The first-order valence-electron chi connectivity index (χ1n) is 11.1. The van der Waals surface area contributed by atoms with Gasteiger partial charge in [-0.05, 0) is 41.6 Å². The first-order chi connectivity index (χ1) is 15.5. The number of β-amino-alcohol motifs (C(OH)–C–C–N with tert-alkyl or cyclic N) is 1. The van der Waals surface area contributed by atoms with Gasteiger partial charge < -0.3 is 20.1 Å². The minimum absolute atomic E-state index is 0.108. The Hall–Kier alpha value is -2.93. The van der Waals surface area contributed by atoms with Crippen LogP contribution < -0.4 is 10.1 Å². The Bertz CT molecular complexity index is 1080. The topological polar surface area (TPSA) is 65.0 Å². The Labute approximate surface area is 189 Å². The summed E-state index contributed by atoms with van der Waals surface area (Å²) in [6.07, 6.45) is -0.566. The fourth-order valence-corrected chi connectivity index (χ4v) is 4.19. The molecule has 1 aliphatic rings. The quantitative estimate of drug-likeness (QED) is 0.598. The number of benzene rings is 3. The molecular weight excluding hydrogens is 402 g/mol. The summed E-state index contributed by atoms with van der Waals surface area (Å²) in [5, 5.41) is 15.6. The summed E-state index contributed by atoms with van der Waals surface area (Å²) in [6, 6.07) is 19.9. The number of piperazine rings is 1. The van der Waals surface area contributed by atoms with E-state index >= 15 is 0 Å². The maximum Gasteiger partial charge on any atom is 0.221 e. The fraction of sp³-hybridized carbons (Fsp3) is 0.346. The van der Waals surface area contributed by atoms with E-state index in [4.69, 9.17) is 4.74 Å². The van der Waals surface area contributed by atoms with Gasteiger partial charge in [0.05, 0.1) is 0 Å². The lowest BCUT2D eigenvalue weighted by molar-refractivity contribution is -0.114. The van der Waals surface area contributed by atoms with E-state index in [-0.39, 0.29) is 12.5 Å². The van der Waals surface area contributed by atoms with Gasteiger partial charge in [0.2, 0.25) is 5.91 Å². The van der Waals surface area contributed by atoms with E-state index in [1.165, 1.54) is 6.92 Å². The molecule has 0 saturated carbocycles. The Morgan fingerprint density at radius 3 is 2.62 bits per heavy atom. The molecule has 1 aliphatic heterocycles. The number of rotatable bonds is 7. The molecule has 3 aromatic carbocycles. The van der Waals surface area contributed by atoms with Gasteiger partial charge in [0.25, 0.3) is 0 Å². The number of fused-ring (bicyclic) bond motifs is 1. The number of likely N-dealkylation sites (N-methyl/N-ethyl adjacent to an activating group) is 1. The minimum atomic E-state index is -0.566. The summed E-state index contributed by atoms with van der Waals surface area (Å²) in [5.74, 6) is 0.615. The molecule has 168 valence electrons. The molecule has 1 fully saturated rings. The van der Waals surface area contributed by atoms with Crippen LogP contribution in [-0.4, -0.2) is 73.3 Å². The smallest absolute Gasteiger partial charge is 0.221 e. The van der Waals surface area contributed by atoms with Crippen LogP contribution in [-0.2, 0) is 4.79 Å². The second-order valence-electron chi connectivity index (χ2n) is 8.49. The van der Waals surface area contributed by atoms with E-state index in [1.54, 1.807) is 0 Å². The summed E-state index contributed by atoms with van der Waals surface area (Å²) in [5.41, 5.74) is 2.66. The highest BCUT2D eigenvalue weighted by molar-refractivity contribution is 6.00. The van der Waals surface area contributed by atoms with Crippen molar-refractivity contribution in [3.63, 3.8) is 0 Å². The molecule has 0 spiro atoms. The molecule has 0 aromatic heterocycles. The van der Waals surface area contributed by atoms with E-state index in [1.807, 2.05) is 48.5 Å². The fourth-order valence-electron chi connectivity index (χ4n) is 4.19. The van der Waals surface area contributed by atoms with Gasteiger partial charge in [-0.1, -0.05) is 42.5 Å². The number of ether oxygens (including phenoxy) is 1. The first-order valence-corrected chi connectivity index (χ1v) is 11.1. The Morgan fingerprint density at radius 1 is 1.06 bits per heavy atom. The van der Waals surface area contributed by atoms with Gasteiger partial charge in [-0.2, -0.15) is 0 Å². The molecule has 1 amide bonds. The van der Waals surface area contributed by atoms with Crippen molar-refractivity contribution in [1.82, 2.24) is 9.80 Å². The second kappa shape index (κ2) is 10.1. The summed E-state index contributed by atoms with van der Waals surface area (Å²) in [6.45, 7) is 6.30. The number of anilines is 1. The van der Waals surface area contributed by atoms with Crippen molar-refractivity contribution in [1.29, 1.82) is 0 Å². The molecule has 1 heterocycles. The highest BCUT2D eigenvalue weighted by atomic mass is 16.5. The van der Waals surface area contributed by atoms with Crippen molar-refractivity contribution in [2.75, 3.05) is 51.7 Å². The van der Waals surface area contributed by atoms with Gasteiger partial charge >= 0.3 is 0 Å². The molecule has 4 rings (SSSR count). The van der Waals surface area contributed by atoms with Crippen LogP contribution in [0.4, 0.5) is 5.69 Å². The van der Waals surface area contributed by atoms with Crippen LogP contribution in [0.2, 0.25) is 0 Å². The number of amides is 1. The second-order valence-corrected chi connectivity index (χ2v) is 8.49. The molecule has 1 atom stereocenters. The molecule has 3 aromatic rings. The standard InChI is InChI=1S/C26H31N3O3/c1-19(30)27-22-8-5-7-21(16-22)26-24-9-4-3-6-20(24)10-11-25(26)32-18-23(31)17-29-14-12-28(2)13-15-29/h3-11,16,23,31H,12-15,17-18H2,1-2H3,(H,27,30). The predicted molar refractivity (Wildman–Crippen MR) is 129 cm³/mol. The molecule has 1 unspecified atom stereocenters. The molecule has 0 radical (unpaired) electrons. The average Bonchev–Trinajstić information content (AvgIpc) is 2.78. The zero-order valence-corrected chi connectivity index (χ0v) is 18.8. The highest BCUT2D eigenvalue weighted by Gasteiger charge is 2.18. The van der Waals surface area contributed by atoms with Crippen molar-refractivity contribution in [2.24, 2.45) is 0 Å². The third-order valence-corrected chi connectivity index (χ3v) is 5.86. The van der Waals surface area contributed by atoms with Gasteiger partial charge in [0.1, 0.15) is 18.5 Å². The molecule has 0 aliphatic carbocycles. The molecule has 1 saturated heterocycles. The first kappa shape index (κ1) is 22.3. The van der Waals surface area contributed by atoms with Crippen molar-refractivity contribution >= 4 is 22.4 Å². The summed E-state index contributed by atoms with van der Waals surface area (Å²) < 4.78 is 6.17. The van der Waals surface area contributed by atoms with Crippen LogP contribution in [0.1, 0.15) is 6.92 Å². The maximum absolute atomic E-state index is 11.5. The van der Waals surface area contributed by atoms with Gasteiger partial charge in [0.15, 0.2) is 0 Å². The zero-order valence-electron chi connectivity index (χ0n) is 18.8. The minimum Gasteiger partial charge on any atom is -0.490 e. The van der Waals surface area contributed by atoms with Gasteiger partial charge in [-0.25, -0.2) is 0 Å². The van der Waals surface area contributed by atoms with Crippen LogP contribution in [0.25, 0.3) is 21.9 Å². The van der Waals surface area contributed by atoms with Crippen molar-refractivity contribution in [3.05, 3.63) is 60.7 Å². The van der Waals surface area contributed by atoms with Gasteiger partial charge in [-0.15, -0.1) is 0 Å². The molecule has 0 bridgehead atoms. The third kappa shape index (κ3) is 5.46. The van der Waals surface area contributed by atoms with Crippen LogP contribution in [0.3, 0.4) is 0 Å².